The molecule has 1 aliphatic carbocycles. The summed E-state index contributed by atoms with van der Waals surface area (Å²) in [7, 11) is 0. The average molecular weight is 182 g/mol. The predicted octanol–water partition coefficient (Wildman–Crippen LogP) is 2.92. The third-order valence-electron chi connectivity index (χ3n) is 3.36. The van der Waals surface area contributed by atoms with E-state index < -0.39 is 0 Å². The molecule has 0 aromatic heterocycles. The van der Waals surface area contributed by atoms with E-state index in [0.29, 0.717) is 5.84 Å². The molecule has 0 heterocycles. The number of nitrogens with two attached hydrogens (primary N) is 1. The zero-order valence-corrected chi connectivity index (χ0v) is 8.90. The van der Waals surface area contributed by atoms with E-state index in [0.717, 1.165) is 12.3 Å². The minimum absolute atomic E-state index is 0.242. The third-order valence-corrected chi connectivity index (χ3v) is 3.36. The topological polar surface area (TPSA) is 49.9 Å². The van der Waals surface area contributed by atoms with Gasteiger partial charge in [-0.15, -0.1) is 0 Å². The zero-order valence-electron chi connectivity index (χ0n) is 8.90. The summed E-state index contributed by atoms with van der Waals surface area (Å²) in [4.78, 5) is 0. The number of nitrogens with one attached hydrogen (secondary N) is 1. The average Bonchev–Trinajstić information content (AvgIpc) is 2.04. The molecule has 2 heteroatoms. The fourth-order valence-electron chi connectivity index (χ4n) is 2.52. The van der Waals surface area contributed by atoms with Crippen LogP contribution in [-0.2, 0) is 0 Å². The minimum Gasteiger partial charge on any atom is -0.388 e. The van der Waals surface area contributed by atoms with Crippen LogP contribution >= 0.6 is 0 Å². The molecule has 0 radical (unpaired) electrons. The molecule has 0 aromatic rings. The van der Waals surface area contributed by atoms with Crippen LogP contribution in [0, 0.1) is 16.7 Å². The van der Waals surface area contributed by atoms with Gasteiger partial charge in [0.05, 0.1) is 5.84 Å². The Labute approximate surface area is 81.4 Å². The Morgan fingerprint density at radius 3 is 2.31 bits per heavy atom. The normalized spacial score (nSPS) is 20.2. The van der Waals surface area contributed by atoms with E-state index >= 15 is 0 Å². The van der Waals surface area contributed by atoms with E-state index in [4.69, 9.17) is 11.1 Å². The Bertz CT molecular complexity index is 179. The first-order chi connectivity index (χ1) is 6.02. The van der Waals surface area contributed by atoms with Crippen LogP contribution in [0.15, 0.2) is 0 Å². The minimum atomic E-state index is 0.242. The van der Waals surface area contributed by atoms with E-state index in [1.165, 1.54) is 32.1 Å². The second kappa shape index (κ2) is 4.12. The van der Waals surface area contributed by atoms with Gasteiger partial charge in [-0.2, -0.15) is 0 Å². The van der Waals surface area contributed by atoms with Crippen molar-refractivity contribution in [3.63, 3.8) is 0 Å². The van der Waals surface area contributed by atoms with Gasteiger partial charge < -0.3 is 5.73 Å². The van der Waals surface area contributed by atoms with Crippen LogP contribution in [0.3, 0.4) is 0 Å². The molecule has 0 bridgehead atoms. The summed E-state index contributed by atoms with van der Waals surface area (Å²) >= 11 is 0. The van der Waals surface area contributed by atoms with Gasteiger partial charge in [0.2, 0.25) is 0 Å². The molecule has 13 heavy (non-hydrogen) atoms. The summed E-state index contributed by atoms with van der Waals surface area (Å²) in [5, 5.41) is 7.35. The van der Waals surface area contributed by atoms with Crippen LogP contribution in [-0.4, -0.2) is 5.84 Å². The maximum Gasteiger partial charge on any atom is 0.0910 e. The molecule has 0 atom stereocenters. The van der Waals surface area contributed by atoms with E-state index in [1.54, 1.807) is 0 Å². The molecule has 2 nitrogen and oxygen atoms in total. The van der Waals surface area contributed by atoms with Crippen molar-refractivity contribution in [2.75, 3.05) is 0 Å². The van der Waals surface area contributed by atoms with Crippen molar-refractivity contribution in [1.82, 2.24) is 0 Å². The quantitative estimate of drug-likeness (QED) is 0.511. The van der Waals surface area contributed by atoms with Crippen molar-refractivity contribution in [1.29, 1.82) is 5.41 Å². The number of rotatable bonds is 3. The molecule has 1 rings (SSSR count). The smallest absolute Gasteiger partial charge is 0.0910 e. The van der Waals surface area contributed by atoms with Gasteiger partial charge in [-0.05, 0) is 24.2 Å². The molecule has 1 saturated carbocycles. The highest BCUT2D eigenvalue weighted by molar-refractivity contribution is 5.77. The molecule has 0 unspecified atom stereocenters. The zero-order chi connectivity index (χ0) is 9.90. The fraction of sp³-hybridized carbons (Fsp3) is 0.909. The first-order valence-corrected chi connectivity index (χ1v) is 5.35. The van der Waals surface area contributed by atoms with Gasteiger partial charge in [0.1, 0.15) is 0 Å². The Kier molecular flexibility index (Phi) is 3.34. The van der Waals surface area contributed by atoms with Crippen LogP contribution < -0.4 is 5.73 Å². The number of hydrogen-bond donors (Lipinski definition) is 2. The molecule has 0 saturated heterocycles. The van der Waals surface area contributed by atoms with E-state index in [9.17, 15) is 0 Å². The second-order valence-electron chi connectivity index (χ2n) is 5.03. The van der Waals surface area contributed by atoms with Gasteiger partial charge in [0.15, 0.2) is 0 Å². The van der Waals surface area contributed by atoms with Gasteiger partial charge in [-0.1, -0.05) is 33.1 Å². The summed E-state index contributed by atoms with van der Waals surface area (Å²) in [5.41, 5.74) is 5.71. The van der Waals surface area contributed by atoms with Gasteiger partial charge in [-0.25, -0.2) is 0 Å². The maximum absolute atomic E-state index is 7.35. The van der Waals surface area contributed by atoms with E-state index in [-0.39, 0.29) is 5.41 Å². The van der Waals surface area contributed by atoms with Gasteiger partial charge in [-0.3, -0.25) is 5.41 Å². The largest absolute Gasteiger partial charge is 0.388 e. The monoisotopic (exact) mass is 182 g/mol. The molecule has 0 amide bonds. The molecule has 0 spiro atoms. The van der Waals surface area contributed by atoms with Crippen LogP contribution in [0.2, 0.25) is 0 Å². The highest BCUT2D eigenvalue weighted by atomic mass is 14.7. The molecule has 76 valence electrons. The van der Waals surface area contributed by atoms with Crippen LogP contribution in [0.25, 0.3) is 0 Å². The van der Waals surface area contributed by atoms with Crippen molar-refractivity contribution in [3.8, 4) is 0 Å². The lowest BCUT2D eigenvalue weighted by Crippen LogP contribution is -2.31. The first kappa shape index (κ1) is 10.6. The van der Waals surface area contributed by atoms with E-state index in [1.807, 2.05) is 0 Å². The molecule has 0 aliphatic heterocycles. The summed E-state index contributed by atoms with van der Waals surface area (Å²) in [6.45, 7) is 4.51. The van der Waals surface area contributed by atoms with Crippen molar-refractivity contribution >= 4 is 5.84 Å². The van der Waals surface area contributed by atoms with Crippen LogP contribution in [0.5, 0.6) is 0 Å². The molecule has 3 N–H and O–H groups in total. The molecular formula is C11H22N2. The van der Waals surface area contributed by atoms with Gasteiger partial charge >= 0.3 is 0 Å². The number of amidine groups is 1. The summed E-state index contributed by atoms with van der Waals surface area (Å²) in [6.07, 6.45) is 7.56. The van der Waals surface area contributed by atoms with Crippen LogP contribution in [0.4, 0.5) is 0 Å². The molecular weight excluding hydrogens is 160 g/mol. The summed E-state index contributed by atoms with van der Waals surface area (Å²) in [5.74, 6) is 1.13. The SMILES string of the molecule is CC(C)(CC(=N)N)C1CCCCC1. The standard InChI is InChI=1S/C11H22N2/c1-11(2,8-10(12)13)9-6-4-3-5-7-9/h9H,3-8H2,1-2H3,(H3,12,13). The Morgan fingerprint density at radius 1 is 1.31 bits per heavy atom. The maximum atomic E-state index is 7.35. The first-order valence-electron chi connectivity index (χ1n) is 5.35. The number of hydrogen-bond acceptors (Lipinski definition) is 1. The molecule has 1 aliphatic rings. The predicted molar refractivity (Wildman–Crippen MR) is 56.9 cm³/mol. The van der Waals surface area contributed by atoms with Crippen molar-refractivity contribution in [2.45, 2.75) is 52.4 Å². The lowest BCUT2D eigenvalue weighted by atomic mass is 9.69. The highest BCUT2D eigenvalue weighted by Crippen LogP contribution is 2.40. The molecule has 1 fully saturated rings. The van der Waals surface area contributed by atoms with Gasteiger partial charge in [0, 0.05) is 6.42 Å². The highest BCUT2D eigenvalue weighted by Gasteiger charge is 2.30. The lowest BCUT2D eigenvalue weighted by Gasteiger charge is -2.36. The Balaban J connectivity index is 2.50. The third kappa shape index (κ3) is 3.02. The summed E-state index contributed by atoms with van der Waals surface area (Å²) in [6, 6.07) is 0. The van der Waals surface area contributed by atoms with Crippen LogP contribution in [0.1, 0.15) is 52.4 Å². The fourth-order valence-corrected chi connectivity index (χ4v) is 2.52. The second-order valence-corrected chi connectivity index (χ2v) is 5.03. The van der Waals surface area contributed by atoms with Crippen molar-refractivity contribution < 1.29 is 0 Å². The molecule has 0 aromatic carbocycles. The van der Waals surface area contributed by atoms with E-state index in [2.05, 4.69) is 13.8 Å². The van der Waals surface area contributed by atoms with Crippen molar-refractivity contribution in [2.24, 2.45) is 17.1 Å². The summed E-state index contributed by atoms with van der Waals surface area (Å²) < 4.78 is 0. The van der Waals surface area contributed by atoms with Gasteiger partial charge in [0.25, 0.3) is 0 Å². The Hall–Kier alpha value is -0.530. The van der Waals surface area contributed by atoms with Crippen molar-refractivity contribution in [3.05, 3.63) is 0 Å². The lowest BCUT2D eigenvalue weighted by molar-refractivity contribution is 0.165. The Morgan fingerprint density at radius 2 is 1.85 bits per heavy atom.